The van der Waals surface area contributed by atoms with Gasteiger partial charge in [-0.3, -0.25) is 0 Å². The zero-order valence-corrected chi connectivity index (χ0v) is 19.1. The molecule has 0 N–H and O–H groups in total. The molecule has 3 heterocycles. The Hall–Kier alpha value is -2.62. The summed E-state index contributed by atoms with van der Waals surface area (Å²) in [5, 5.41) is 4.21. The van der Waals surface area contributed by atoms with Gasteiger partial charge >= 0.3 is 12.7 Å². The van der Waals surface area contributed by atoms with E-state index in [-0.39, 0.29) is 18.0 Å². The Morgan fingerprint density at radius 3 is 2.82 bits per heavy atom. The molecule has 4 rings (SSSR count). The van der Waals surface area contributed by atoms with E-state index in [1.165, 1.54) is 6.07 Å². The summed E-state index contributed by atoms with van der Waals surface area (Å²) in [7, 11) is 0. The van der Waals surface area contributed by atoms with E-state index in [9.17, 15) is 13.6 Å². The lowest BCUT2D eigenvalue weighted by atomic mass is 9.93. The van der Waals surface area contributed by atoms with E-state index in [1.807, 2.05) is 0 Å². The third-order valence-corrected chi connectivity index (χ3v) is 5.72. The molecule has 1 aromatic rings. The Morgan fingerprint density at radius 2 is 2.12 bits per heavy atom. The number of benzene rings is 1. The number of carbonyl (C=O) groups is 1. The maximum atomic E-state index is 13.0. The molecule has 2 unspecified atom stereocenters. The molecule has 0 bridgehead atoms. The fourth-order valence-corrected chi connectivity index (χ4v) is 4.16. The van der Waals surface area contributed by atoms with Crippen LogP contribution in [-0.2, 0) is 14.3 Å². The number of oxime groups is 1. The van der Waals surface area contributed by atoms with Gasteiger partial charge in [0.2, 0.25) is 0 Å². The molecule has 10 heteroatoms. The van der Waals surface area contributed by atoms with Gasteiger partial charge in [0.25, 0.3) is 0 Å². The summed E-state index contributed by atoms with van der Waals surface area (Å²) in [6.07, 6.45) is 1.88. The summed E-state index contributed by atoms with van der Waals surface area (Å²) >= 11 is 0. The number of nitrogens with zero attached hydrogens (tertiary/aromatic N) is 2. The summed E-state index contributed by atoms with van der Waals surface area (Å²) in [6.45, 7) is 4.35. The molecule has 2 fully saturated rings. The molecule has 2 saturated heterocycles. The third-order valence-electron chi connectivity index (χ3n) is 5.72. The highest BCUT2D eigenvalue weighted by atomic mass is 19.3. The van der Waals surface area contributed by atoms with Crippen molar-refractivity contribution in [3.8, 4) is 11.5 Å². The van der Waals surface area contributed by atoms with E-state index in [4.69, 9.17) is 19.0 Å². The van der Waals surface area contributed by atoms with Crippen molar-refractivity contribution < 1.29 is 37.4 Å². The second kappa shape index (κ2) is 9.32. The van der Waals surface area contributed by atoms with Crippen LogP contribution in [0, 0.1) is 0 Å². The van der Waals surface area contributed by atoms with Gasteiger partial charge in [-0.2, -0.15) is 8.78 Å². The zero-order valence-electron chi connectivity index (χ0n) is 19.1. The topological polar surface area (TPSA) is 78.8 Å². The number of ether oxygens (including phenoxy) is 4. The molecule has 0 aliphatic carbocycles. The van der Waals surface area contributed by atoms with Gasteiger partial charge in [0.15, 0.2) is 17.1 Å². The van der Waals surface area contributed by atoms with E-state index >= 15 is 0 Å². The first-order valence-electron chi connectivity index (χ1n) is 11.2. The Labute approximate surface area is 191 Å². The number of likely N-dealkylation sites (tertiary alicyclic amines) is 1. The van der Waals surface area contributed by atoms with Crippen molar-refractivity contribution in [3.63, 3.8) is 0 Å². The summed E-state index contributed by atoms with van der Waals surface area (Å²) in [5.41, 5.74) is 0.345. The van der Waals surface area contributed by atoms with Crippen LogP contribution in [0.2, 0.25) is 0 Å². The van der Waals surface area contributed by atoms with E-state index in [2.05, 4.69) is 9.89 Å². The van der Waals surface area contributed by atoms with Crippen LogP contribution >= 0.6 is 0 Å². The normalized spacial score (nSPS) is 25.2. The number of carbonyl (C=O) groups excluding carboxylic acids is 1. The first-order valence-corrected chi connectivity index (χ1v) is 11.2. The molecule has 182 valence electrons. The highest BCUT2D eigenvalue weighted by Gasteiger charge is 2.43. The minimum absolute atomic E-state index is 0.0680. The van der Waals surface area contributed by atoms with E-state index in [0.717, 1.165) is 6.42 Å². The van der Waals surface area contributed by atoms with Crippen LogP contribution in [0.5, 0.6) is 11.5 Å². The van der Waals surface area contributed by atoms with Gasteiger partial charge < -0.3 is 28.7 Å². The van der Waals surface area contributed by atoms with Crippen LogP contribution < -0.4 is 9.47 Å². The number of piperidine rings is 1. The number of hydrogen-bond acceptors (Lipinski definition) is 7. The molecule has 1 aromatic carbocycles. The van der Waals surface area contributed by atoms with Crippen molar-refractivity contribution in [1.82, 2.24) is 4.90 Å². The van der Waals surface area contributed by atoms with E-state index in [1.54, 1.807) is 37.8 Å². The van der Waals surface area contributed by atoms with E-state index < -0.39 is 30.0 Å². The van der Waals surface area contributed by atoms with Crippen molar-refractivity contribution in [3.05, 3.63) is 23.8 Å². The average molecular weight is 468 g/mol. The Kier molecular flexibility index (Phi) is 6.65. The molecular formula is C23H30F2N2O6. The highest BCUT2D eigenvalue weighted by Crippen LogP contribution is 2.37. The summed E-state index contributed by atoms with van der Waals surface area (Å²) in [4.78, 5) is 19.7. The predicted molar refractivity (Wildman–Crippen MR) is 115 cm³/mol. The molecule has 0 aromatic heterocycles. The van der Waals surface area contributed by atoms with Gasteiger partial charge in [-0.05, 0) is 51.8 Å². The van der Waals surface area contributed by atoms with Crippen LogP contribution in [0.4, 0.5) is 13.6 Å². The third kappa shape index (κ3) is 5.85. The van der Waals surface area contributed by atoms with Crippen LogP contribution in [0.3, 0.4) is 0 Å². The maximum Gasteiger partial charge on any atom is 0.410 e. The number of amides is 1. The largest absolute Gasteiger partial charge is 0.485 e. The van der Waals surface area contributed by atoms with Crippen molar-refractivity contribution in [2.24, 2.45) is 5.16 Å². The maximum absolute atomic E-state index is 13.0. The molecule has 2 atom stereocenters. The van der Waals surface area contributed by atoms with Crippen molar-refractivity contribution in [2.75, 3.05) is 26.3 Å². The van der Waals surface area contributed by atoms with Gasteiger partial charge in [0.05, 0.1) is 25.5 Å². The van der Waals surface area contributed by atoms with Gasteiger partial charge in [-0.1, -0.05) is 5.16 Å². The second-order valence-corrected chi connectivity index (χ2v) is 9.64. The number of alkyl halides is 2. The highest BCUT2D eigenvalue weighted by molar-refractivity contribution is 6.02. The lowest BCUT2D eigenvalue weighted by Gasteiger charge is -2.34. The monoisotopic (exact) mass is 468 g/mol. The Morgan fingerprint density at radius 1 is 1.30 bits per heavy atom. The molecular weight excluding hydrogens is 438 g/mol. The minimum atomic E-state index is -2.99. The van der Waals surface area contributed by atoms with Crippen molar-refractivity contribution in [2.45, 2.75) is 70.4 Å². The minimum Gasteiger partial charge on any atom is -0.485 e. The molecule has 3 aliphatic rings. The standard InChI is InChI=1S/C23H30F2N2O6/c1-22(2,3)32-21(28)27-9-4-5-16(13-27)30-19-11-15(6-7-18(19)31-20(24)25)17-12-23(33-26-17)8-10-29-14-23/h6-7,11,16,20H,4-5,8-10,12-14H2,1-3H3. The number of hydrogen-bond donors (Lipinski definition) is 0. The van der Waals surface area contributed by atoms with Gasteiger partial charge in [-0.25, -0.2) is 4.79 Å². The molecule has 3 aliphatic heterocycles. The quantitative estimate of drug-likeness (QED) is 0.639. The Balaban J connectivity index is 1.49. The SMILES string of the molecule is CC(C)(C)OC(=O)N1CCCC(Oc2cc(C3=NOC4(CCOC4)C3)ccc2OC(F)F)C1. The van der Waals surface area contributed by atoms with Gasteiger partial charge in [-0.15, -0.1) is 0 Å². The second-order valence-electron chi connectivity index (χ2n) is 9.64. The van der Waals surface area contributed by atoms with Crippen LogP contribution in [-0.4, -0.2) is 66.9 Å². The fourth-order valence-electron chi connectivity index (χ4n) is 4.16. The summed E-state index contributed by atoms with van der Waals surface area (Å²) in [6, 6.07) is 4.75. The Bertz CT molecular complexity index is 895. The smallest absolute Gasteiger partial charge is 0.410 e. The molecule has 0 radical (unpaired) electrons. The first kappa shape index (κ1) is 23.5. The van der Waals surface area contributed by atoms with E-state index in [0.29, 0.717) is 50.3 Å². The predicted octanol–water partition coefficient (Wildman–Crippen LogP) is 4.35. The lowest BCUT2D eigenvalue weighted by molar-refractivity contribution is -0.0526. The van der Waals surface area contributed by atoms with Crippen LogP contribution in [0.1, 0.15) is 52.0 Å². The molecule has 0 saturated carbocycles. The first-order chi connectivity index (χ1) is 15.6. The van der Waals surface area contributed by atoms with Crippen molar-refractivity contribution >= 4 is 11.8 Å². The van der Waals surface area contributed by atoms with Gasteiger partial charge in [0.1, 0.15) is 11.7 Å². The van der Waals surface area contributed by atoms with Crippen LogP contribution in [0.25, 0.3) is 0 Å². The molecule has 1 amide bonds. The summed E-state index contributed by atoms with van der Waals surface area (Å²) in [5.74, 6) is 0.108. The lowest BCUT2D eigenvalue weighted by Crippen LogP contribution is -2.46. The molecule has 1 spiro atoms. The van der Waals surface area contributed by atoms with Crippen LogP contribution in [0.15, 0.2) is 23.4 Å². The molecule has 33 heavy (non-hydrogen) atoms. The number of halogens is 2. The fraction of sp³-hybridized carbons (Fsp3) is 0.652. The average Bonchev–Trinajstić information content (AvgIpc) is 3.38. The zero-order chi connectivity index (χ0) is 23.6. The number of rotatable bonds is 5. The van der Waals surface area contributed by atoms with Gasteiger partial charge in [0, 0.05) is 24.9 Å². The van der Waals surface area contributed by atoms with Crippen molar-refractivity contribution in [1.29, 1.82) is 0 Å². The molecule has 8 nitrogen and oxygen atoms in total. The summed E-state index contributed by atoms with van der Waals surface area (Å²) < 4.78 is 47.7.